The van der Waals surface area contributed by atoms with Crippen LogP contribution in [0.2, 0.25) is 0 Å². The summed E-state index contributed by atoms with van der Waals surface area (Å²) in [5.41, 5.74) is 3.02. The summed E-state index contributed by atoms with van der Waals surface area (Å²) in [4.78, 5) is 0. The number of hydrogen-bond donors (Lipinski definition) is 0. The standard InChI is InChI=1S/C57H102/c1-28-34(8)40-38-43-44-41(48(16,17)55(44,25)51(43,21)45(38)46(11,12)13)36(10)52(22,49(18,19)50(20,33(6)7)35(9)31(2)3)56(26)39(32(4)5)42-37-29-30-47(14,15)54(40,24)53(37,23)57(42,56)27/h31-45H,28-30H2,1-27H3. The Morgan fingerprint density at radius 2 is 1.12 bits per heavy atom. The van der Waals surface area contributed by atoms with Gasteiger partial charge >= 0.3 is 0 Å². The molecule has 20 unspecified atom stereocenters. The molecule has 57 heavy (non-hydrogen) atoms. The van der Waals surface area contributed by atoms with Crippen molar-refractivity contribution in [2.24, 2.45) is 154 Å². The van der Waals surface area contributed by atoms with Crippen LogP contribution in [-0.4, -0.2) is 0 Å². The molecule has 0 N–H and O–H groups in total. The van der Waals surface area contributed by atoms with E-state index in [-0.39, 0.29) is 43.3 Å². The summed E-state index contributed by atoms with van der Waals surface area (Å²) in [6.45, 7) is 75.2. The SMILES string of the molecule is CCC(C)C1C2C3C4C(C(C)C(C)(C(C)(C)C(C)(C(C)C)C(C)C(C)C)C5(C)C(C(C)C)C6C7CCC(C)(C)C1(C)C7(C)C65C)C(C)(C)C4(C)C3(C)C2C(C)(C)C. The minimum Gasteiger partial charge on any atom is -0.0651 e. The van der Waals surface area contributed by atoms with Gasteiger partial charge in [-0.15, -0.1) is 0 Å². The van der Waals surface area contributed by atoms with Gasteiger partial charge in [-0.25, -0.2) is 0 Å². The smallest absolute Gasteiger partial charge is 0.0167 e. The van der Waals surface area contributed by atoms with E-state index in [2.05, 4.69) is 187 Å². The minimum atomic E-state index is 0.0986. The Labute approximate surface area is 358 Å². The molecule has 0 bridgehead atoms. The molecule has 0 spiro atoms. The van der Waals surface area contributed by atoms with E-state index in [1.807, 2.05) is 0 Å². The molecular weight excluding hydrogens is 685 g/mol. The van der Waals surface area contributed by atoms with Crippen LogP contribution >= 0.6 is 0 Å². The first-order valence-corrected chi connectivity index (χ1v) is 25.5. The lowest BCUT2D eigenvalue weighted by atomic mass is 9.09. The molecule has 20 atom stereocenters. The molecule has 0 radical (unpaired) electrons. The second-order valence-corrected chi connectivity index (χ2v) is 29.3. The van der Waals surface area contributed by atoms with Crippen molar-refractivity contribution in [3.8, 4) is 0 Å². The molecule has 0 aliphatic heterocycles. The number of fused-ring (bicyclic) bond motifs is 2. The molecule has 7 rings (SSSR count). The molecule has 330 valence electrons. The third-order valence-corrected chi connectivity index (χ3v) is 27.8. The Morgan fingerprint density at radius 1 is 0.596 bits per heavy atom. The third kappa shape index (κ3) is 3.89. The van der Waals surface area contributed by atoms with Crippen LogP contribution in [0.25, 0.3) is 0 Å². The van der Waals surface area contributed by atoms with Crippen LogP contribution in [0.3, 0.4) is 0 Å². The summed E-state index contributed by atoms with van der Waals surface area (Å²) in [5, 5.41) is 0. The van der Waals surface area contributed by atoms with E-state index in [1.54, 1.807) is 0 Å². The van der Waals surface area contributed by atoms with Gasteiger partial charge in [0.05, 0.1) is 0 Å². The Kier molecular flexibility index (Phi) is 9.29. The maximum Gasteiger partial charge on any atom is -0.0167 e. The predicted octanol–water partition coefficient (Wildman–Crippen LogP) is 16.9. The van der Waals surface area contributed by atoms with Crippen molar-refractivity contribution in [3.05, 3.63) is 0 Å². The normalized spacial score (nSPS) is 55.1. The summed E-state index contributed by atoms with van der Waals surface area (Å²) in [5.74, 6) is 11.1. The summed E-state index contributed by atoms with van der Waals surface area (Å²) in [7, 11) is 0. The van der Waals surface area contributed by atoms with Crippen LogP contribution < -0.4 is 0 Å². The molecule has 0 aromatic rings. The van der Waals surface area contributed by atoms with Crippen LogP contribution in [-0.2, 0) is 0 Å². The second kappa shape index (κ2) is 11.8. The lowest BCUT2D eigenvalue weighted by Crippen LogP contribution is -2.91. The Hall–Kier alpha value is 0. The molecule has 0 heterocycles. The highest BCUT2D eigenvalue weighted by Gasteiger charge is 2.97. The van der Waals surface area contributed by atoms with E-state index in [0.29, 0.717) is 51.2 Å². The minimum absolute atomic E-state index is 0.0986. The van der Waals surface area contributed by atoms with Crippen LogP contribution in [0, 0.1) is 154 Å². The Morgan fingerprint density at radius 3 is 1.56 bits per heavy atom. The van der Waals surface area contributed by atoms with Gasteiger partial charge in [0.25, 0.3) is 0 Å². The summed E-state index contributed by atoms with van der Waals surface area (Å²) >= 11 is 0. The fourth-order valence-electron chi connectivity index (χ4n) is 24.1. The molecule has 7 fully saturated rings. The molecule has 7 aliphatic carbocycles. The van der Waals surface area contributed by atoms with Crippen LogP contribution in [0.1, 0.15) is 206 Å². The predicted molar refractivity (Wildman–Crippen MR) is 249 cm³/mol. The van der Waals surface area contributed by atoms with Gasteiger partial charge in [-0.1, -0.05) is 193 Å². The molecule has 7 saturated carbocycles. The molecule has 0 amide bonds. The van der Waals surface area contributed by atoms with Gasteiger partial charge in [0.15, 0.2) is 0 Å². The average molecular weight is 787 g/mol. The van der Waals surface area contributed by atoms with Crippen LogP contribution in [0.15, 0.2) is 0 Å². The second-order valence-electron chi connectivity index (χ2n) is 29.3. The fourth-order valence-corrected chi connectivity index (χ4v) is 24.1. The first kappa shape index (κ1) is 45.0. The first-order chi connectivity index (χ1) is 25.5. The van der Waals surface area contributed by atoms with Gasteiger partial charge in [-0.3, -0.25) is 0 Å². The zero-order chi connectivity index (χ0) is 43.8. The van der Waals surface area contributed by atoms with Gasteiger partial charge in [-0.2, -0.15) is 0 Å². The lowest BCUT2D eigenvalue weighted by Gasteiger charge is -2.95. The molecule has 0 heteroatoms. The first-order valence-electron chi connectivity index (χ1n) is 25.5. The van der Waals surface area contributed by atoms with Crippen molar-refractivity contribution in [2.45, 2.75) is 206 Å². The van der Waals surface area contributed by atoms with Gasteiger partial charge < -0.3 is 0 Å². The summed E-state index contributed by atoms with van der Waals surface area (Å²) in [6, 6.07) is 0. The summed E-state index contributed by atoms with van der Waals surface area (Å²) < 4.78 is 0. The van der Waals surface area contributed by atoms with Crippen molar-refractivity contribution in [1.82, 2.24) is 0 Å². The van der Waals surface area contributed by atoms with Crippen LogP contribution in [0.4, 0.5) is 0 Å². The zero-order valence-electron chi connectivity index (χ0n) is 43.8. The quantitative estimate of drug-likeness (QED) is 0.230. The van der Waals surface area contributed by atoms with Gasteiger partial charge in [0.2, 0.25) is 0 Å². The molecular formula is C57H102. The monoisotopic (exact) mass is 787 g/mol. The highest BCUT2D eigenvalue weighted by Crippen LogP contribution is 3.01. The van der Waals surface area contributed by atoms with Crippen molar-refractivity contribution in [2.75, 3.05) is 0 Å². The van der Waals surface area contributed by atoms with Crippen molar-refractivity contribution < 1.29 is 0 Å². The van der Waals surface area contributed by atoms with Gasteiger partial charge in [0.1, 0.15) is 0 Å². The topological polar surface area (TPSA) is 0 Å². The van der Waals surface area contributed by atoms with E-state index in [9.17, 15) is 0 Å². The highest BCUT2D eigenvalue weighted by molar-refractivity contribution is 5.43. The molecule has 0 aromatic carbocycles. The average Bonchev–Trinajstić information content (AvgIpc) is 3.08. The zero-order valence-corrected chi connectivity index (χ0v) is 43.8. The number of hydrogen-bond acceptors (Lipinski definition) is 0. The lowest BCUT2D eigenvalue weighted by molar-refractivity contribution is -0.484. The Bertz CT molecular complexity index is 1630. The molecule has 0 saturated heterocycles. The number of rotatable bonds is 8. The van der Waals surface area contributed by atoms with E-state index >= 15 is 0 Å². The van der Waals surface area contributed by atoms with E-state index in [1.165, 1.54) is 19.3 Å². The van der Waals surface area contributed by atoms with E-state index in [0.717, 1.165) is 59.2 Å². The third-order valence-electron chi connectivity index (χ3n) is 27.8. The van der Waals surface area contributed by atoms with Crippen molar-refractivity contribution in [3.63, 3.8) is 0 Å². The van der Waals surface area contributed by atoms with E-state index < -0.39 is 0 Å². The van der Waals surface area contributed by atoms with Crippen molar-refractivity contribution >= 4 is 0 Å². The fraction of sp³-hybridized carbons (Fsp3) is 1.00. The molecule has 0 aromatic heterocycles. The van der Waals surface area contributed by atoms with E-state index in [4.69, 9.17) is 0 Å². The Balaban J connectivity index is 1.66. The van der Waals surface area contributed by atoms with Crippen LogP contribution in [0.5, 0.6) is 0 Å². The maximum atomic E-state index is 3.01. The molecule has 7 aliphatic rings. The molecule has 0 nitrogen and oxygen atoms in total. The largest absolute Gasteiger partial charge is 0.0651 e. The van der Waals surface area contributed by atoms with Gasteiger partial charge in [-0.05, 0) is 167 Å². The van der Waals surface area contributed by atoms with Gasteiger partial charge in [0, 0.05) is 0 Å². The maximum absolute atomic E-state index is 3.01. The highest BCUT2D eigenvalue weighted by atomic mass is 15.0. The van der Waals surface area contributed by atoms with Crippen molar-refractivity contribution in [1.29, 1.82) is 0 Å². The summed E-state index contributed by atoms with van der Waals surface area (Å²) in [6.07, 6.45) is 4.17.